The summed E-state index contributed by atoms with van der Waals surface area (Å²) in [4.78, 5) is 22.7. The number of nitro benzene ring substituents is 1. The maximum atomic E-state index is 12.2. The molecule has 0 aliphatic heterocycles. The molecule has 7 nitrogen and oxygen atoms in total. The predicted octanol–water partition coefficient (Wildman–Crippen LogP) is 5.82. The molecule has 1 amide bonds. The topological polar surface area (TPSA) is 94.6 Å². The molecule has 0 atom stereocenters. The highest BCUT2D eigenvalue weighted by molar-refractivity contribution is 6.43. The highest BCUT2D eigenvalue weighted by Gasteiger charge is 2.16. The molecule has 0 unspecified atom stereocenters. The van der Waals surface area contributed by atoms with Crippen LogP contribution in [0, 0.1) is 10.1 Å². The van der Waals surface area contributed by atoms with E-state index in [0.717, 1.165) is 0 Å². The lowest BCUT2D eigenvalue weighted by atomic mass is 10.2. The van der Waals surface area contributed by atoms with Crippen molar-refractivity contribution in [2.75, 3.05) is 12.4 Å². The third-order valence-corrected chi connectivity index (χ3v) is 4.72. The van der Waals surface area contributed by atoms with Crippen molar-refractivity contribution in [1.82, 2.24) is 0 Å². The van der Waals surface area contributed by atoms with Crippen LogP contribution in [-0.2, 0) is 4.79 Å². The fourth-order valence-electron chi connectivity index (χ4n) is 2.51. The second kappa shape index (κ2) is 8.81. The van der Waals surface area contributed by atoms with Crippen LogP contribution in [0.4, 0.5) is 11.4 Å². The number of anilines is 1. The van der Waals surface area contributed by atoms with E-state index in [4.69, 9.17) is 32.4 Å². The maximum Gasteiger partial charge on any atom is 0.296 e. The van der Waals surface area contributed by atoms with Crippen LogP contribution < -0.4 is 10.1 Å². The van der Waals surface area contributed by atoms with Crippen molar-refractivity contribution in [3.8, 4) is 17.1 Å². The van der Waals surface area contributed by atoms with Crippen molar-refractivity contribution in [2.45, 2.75) is 0 Å². The van der Waals surface area contributed by atoms with Gasteiger partial charge in [0.25, 0.3) is 5.69 Å². The van der Waals surface area contributed by atoms with Gasteiger partial charge in [-0.3, -0.25) is 14.9 Å². The van der Waals surface area contributed by atoms with Crippen LogP contribution >= 0.6 is 23.2 Å². The van der Waals surface area contributed by atoms with Crippen LogP contribution in [0.15, 0.2) is 59.0 Å². The second-order valence-electron chi connectivity index (χ2n) is 5.77. The first-order valence-electron chi connectivity index (χ1n) is 8.24. The van der Waals surface area contributed by atoms with E-state index in [0.29, 0.717) is 32.9 Å². The normalized spacial score (nSPS) is 10.9. The molecule has 3 aromatic rings. The molecule has 0 saturated heterocycles. The van der Waals surface area contributed by atoms with Gasteiger partial charge in [0.05, 0.1) is 28.1 Å². The molecular weight excluding hydrogens is 419 g/mol. The van der Waals surface area contributed by atoms with Gasteiger partial charge in [-0.2, -0.15) is 0 Å². The highest BCUT2D eigenvalue weighted by Crippen LogP contribution is 2.34. The molecule has 3 rings (SSSR count). The number of hydrogen-bond donors (Lipinski definition) is 1. The summed E-state index contributed by atoms with van der Waals surface area (Å²) in [6.07, 6.45) is 2.64. The van der Waals surface area contributed by atoms with Gasteiger partial charge in [-0.05, 0) is 42.5 Å². The molecule has 0 aliphatic rings. The summed E-state index contributed by atoms with van der Waals surface area (Å²) in [6, 6.07) is 12.7. The van der Waals surface area contributed by atoms with Gasteiger partial charge in [-0.1, -0.05) is 29.3 Å². The Bertz CT molecular complexity index is 1110. The number of carbonyl (C=O) groups excluding carboxylic acids is 1. The van der Waals surface area contributed by atoms with E-state index < -0.39 is 10.8 Å². The van der Waals surface area contributed by atoms with Gasteiger partial charge >= 0.3 is 0 Å². The van der Waals surface area contributed by atoms with Gasteiger partial charge < -0.3 is 14.5 Å². The Kier molecular flexibility index (Phi) is 6.21. The van der Waals surface area contributed by atoms with Crippen molar-refractivity contribution in [2.24, 2.45) is 0 Å². The van der Waals surface area contributed by atoms with Crippen molar-refractivity contribution in [3.05, 3.63) is 80.5 Å². The molecule has 1 aromatic heterocycles. The number of halogens is 2. The average molecular weight is 433 g/mol. The molecular formula is C20H14Cl2N2O5. The van der Waals surface area contributed by atoms with Crippen molar-refractivity contribution in [1.29, 1.82) is 0 Å². The van der Waals surface area contributed by atoms with Crippen LogP contribution in [0.5, 0.6) is 5.75 Å². The smallest absolute Gasteiger partial charge is 0.296 e. The molecule has 0 aliphatic carbocycles. The first-order valence-corrected chi connectivity index (χ1v) is 9.00. The van der Waals surface area contributed by atoms with E-state index in [-0.39, 0.29) is 11.4 Å². The van der Waals surface area contributed by atoms with Crippen molar-refractivity contribution < 1.29 is 18.9 Å². The number of nitrogens with zero attached hydrogens (tertiary/aromatic N) is 1. The largest absolute Gasteiger partial charge is 0.496 e. The lowest BCUT2D eigenvalue weighted by molar-refractivity contribution is -0.384. The number of benzene rings is 2. The Morgan fingerprint density at radius 2 is 2.00 bits per heavy atom. The van der Waals surface area contributed by atoms with Crippen LogP contribution in [0.25, 0.3) is 17.4 Å². The summed E-state index contributed by atoms with van der Waals surface area (Å²) >= 11 is 12.2. The minimum Gasteiger partial charge on any atom is -0.496 e. The average Bonchev–Trinajstić information content (AvgIpc) is 3.17. The highest BCUT2D eigenvalue weighted by atomic mass is 35.5. The van der Waals surface area contributed by atoms with Gasteiger partial charge in [0.2, 0.25) is 5.91 Å². The van der Waals surface area contributed by atoms with Crippen molar-refractivity contribution >= 4 is 46.6 Å². The molecule has 2 aromatic carbocycles. The Hall–Kier alpha value is -3.29. The van der Waals surface area contributed by atoms with Gasteiger partial charge in [-0.25, -0.2) is 0 Å². The second-order valence-corrected chi connectivity index (χ2v) is 6.55. The molecule has 0 bridgehead atoms. The summed E-state index contributed by atoms with van der Waals surface area (Å²) < 4.78 is 10.6. The third-order valence-electron chi connectivity index (χ3n) is 3.90. The van der Waals surface area contributed by atoms with Gasteiger partial charge in [0, 0.05) is 11.6 Å². The molecule has 0 saturated carbocycles. The molecule has 148 valence electrons. The molecule has 1 N–H and O–H groups in total. The van der Waals surface area contributed by atoms with Crippen molar-refractivity contribution in [3.63, 3.8) is 0 Å². The SMILES string of the molecule is COc1ccc(NC(=O)C=Cc2ccc(-c3cccc(Cl)c3Cl)o2)c([N+](=O)[O-])c1. The molecule has 0 radical (unpaired) electrons. The predicted molar refractivity (Wildman–Crippen MR) is 111 cm³/mol. The zero-order valence-electron chi connectivity index (χ0n) is 15.0. The number of carbonyl (C=O) groups is 1. The minimum atomic E-state index is -0.602. The summed E-state index contributed by atoms with van der Waals surface area (Å²) in [7, 11) is 1.40. The summed E-state index contributed by atoms with van der Waals surface area (Å²) in [5.41, 5.74) is 0.399. The zero-order valence-corrected chi connectivity index (χ0v) is 16.5. The number of nitro groups is 1. The quantitative estimate of drug-likeness (QED) is 0.300. The molecule has 9 heteroatoms. The van der Waals surface area contributed by atoms with Gasteiger partial charge in [0.15, 0.2) is 0 Å². The summed E-state index contributed by atoms with van der Waals surface area (Å²) in [6.45, 7) is 0. The number of amides is 1. The molecule has 0 fully saturated rings. The van der Waals surface area contributed by atoms with E-state index in [9.17, 15) is 14.9 Å². The monoisotopic (exact) mass is 432 g/mol. The zero-order chi connectivity index (χ0) is 21.0. The number of hydrogen-bond acceptors (Lipinski definition) is 5. The van der Waals surface area contributed by atoms with Crippen LogP contribution in [0.1, 0.15) is 5.76 Å². The Balaban J connectivity index is 1.75. The van der Waals surface area contributed by atoms with Crippen LogP contribution in [0.2, 0.25) is 10.0 Å². The lowest BCUT2D eigenvalue weighted by Crippen LogP contribution is -2.09. The number of rotatable bonds is 6. The van der Waals surface area contributed by atoms with E-state index >= 15 is 0 Å². The Labute approximate surface area is 175 Å². The third kappa shape index (κ3) is 4.77. The molecule has 0 spiro atoms. The fraction of sp³-hybridized carbons (Fsp3) is 0.0500. The number of furan rings is 1. The standard InChI is InChI=1S/C20H14Cl2N2O5/c1-28-13-5-8-16(17(11-13)24(26)27)23-19(25)10-7-12-6-9-18(29-12)14-3-2-4-15(21)20(14)22/h2-11H,1H3,(H,23,25). The number of nitrogens with one attached hydrogen (secondary N) is 1. The summed E-state index contributed by atoms with van der Waals surface area (Å²) in [5, 5.41) is 14.4. The molecule has 1 heterocycles. The Morgan fingerprint density at radius 3 is 2.72 bits per heavy atom. The lowest BCUT2D eigenvalue weighted by Gasteiger charge is -2.05. The summed E-state index contributed by atoms with van der Waals surface area (Å²) in [5.74, 6) is 0.642. The fourth-order valence-corrected chi connectivity index (χ4v) is 2.90. The van der Waals surface area contributed by atoms with E-state index in [1.807, 2.05) is 0 Å². The first kappa shape index (κ1) is 20.4. The molecule has 29 heavy (non-hydrogen) atoms. The first-order chi connectivity index (χ1) is 13.9. The maximum absolute atomic E-state index is 12.2. The van der Waals surface area contributed by atoms with Gasteiger partial charge in [-0.15, -0.1) is 0 Å². The van der Waals surface area contributed by atoms with E-state index in [1.54, 1.807) is 30.3 Å². The van der Waals surface area contributed by atoms with E-state index in [1.165, 1.54) is 37.5 Å². The Morgan fingerprint density at radius 1 is 1.21 bits per heavy atom. The van der Waals surface area contributed by atoms with Crippen LogP contribution in [0.3, 0.4) is 0 Å². The van der Waals surface area contributed by atoms with E-state index in [2.05, 4.69) is 5.32 Å². The number of ether oxygens (including phenoxy) is 1. The van der Waals surface area contributed by atoms with Gasteiger partial charge in [0.1, 0.15) is 23.0 Å². The van der Waals surface area contributed by atoms with Crippen LogP contribution in [-0.4, -0.2) is 17.9 Å². The number of methoxy groups -OCH3 is 1. The minimum absolute atomic E-state index is 0.0521.